The fraction of sp³-hybridized carbons (Fsp3) is 0.136. The number of hydrogen-bond acceptors (Lipinski definition) is 4. The first-order valence-electron chi connectivity index (χ1n) is 8.90. The average Bonchev–Trinajstić information content (AvgIpc) is 3.26. The predicted octanol–water partition coefficient (Wildman–Crippen LogP) is 5.04. The van der Waals surface area contributed by atoms with Crippen molar-refractivity contribution in [3.8, 4) is 11.3 Å². The lowest BCUT2D eigenvalue weighted by atomic mass is 10.1. The zero-order valence-electron chi connectivity index (χ0n) is 15.8. The number of thiazole rings is 1. The van der Waals surface area contributed by atoms with Crippen LogP contribution in [0.3, 0.4) is 0 Å². The summed E-state index contributed by atoms with van der Waals surface area (Å²) in [6.07, 6.45) is 0. The lowest BCUT2D eigenvalue weighted by Crippen LogP contribution is -2.23. The summed E-state index contributed by atoms with van der Waals surface area (Å²) < 4.78 is 0. The molecule has 28 heavy (non-hydrogen) atoms. The molecule has 140 valence electrons. The van der Waals surface area contributed by atoms with Crippen molar-refractivity contribution in [2.45, 2.75) is 20.8 Å². The van der Waals surface area contributed by atoms with Gasteiger partial charge in [0.2, 0.25) is 0 Å². The number of fused-ring (bicyclic) bond motifs is 1. The van der Waals surface area contributed by atoms with Gasteiger partial charge in [0.05, 0.1) is 11.3 Å². The van der Waals surface area contributed by atoms with Gasteiger partial charge in [-0.05, 0) is 44.0 Å². The van der Waals surface area contributed by atoms with Crippen LogP contribution in [0.25, 0.3) is 22.2 Å². The smallest absolute Gasteiger partial charge is 0.298 e. The van der Waals surface area contributed by atoms with Crippen LogP contribution in [0, 0.1) is 20.8 Å². The van der Waals surface area contributed by atoms with Gasteiger partial charge in [-0.1, -0.05) is 30.3 Å². The minimum Gasteiger partial charge on any atom is -0.358 e. The molecule has 0 aliphatic carbocycles. The van der Waals surface area contributed by atoms with Crippen molar-refractivity contribution in [2.75, 3.05) is 5.32 Å². The number of Topliss-reactive ketones (excluding diaryl/α,β-unsaturated/α-hetero) is 1. The maximum atomic E-state index is 12.7. The van der Waals surface area contributed by atoms with E-state index in [0.717, 1.165) is 22.2 Å². The molecule has 2 aromatic carbocycles. The lowest BCUT2D eigenvalue weighted by molar-refractivity contribution is -0.112. The highest BCUT2D eigenvalue weighted by molar-refractivity contribution is 7.14. The Bertz CT molecular complexity index is 1220. The third-order valence-electron chi connectivity index (χ3n) is 4.85. The molecule has 2 N–H and O–H groups in total. The van der Waals surface area contributed by atoms with E-state index in [1.165, 1.54) is 22.5 Å². The van der Waals surface area contributed by atoms with Gasteiger partial charge >= 0.3 is 0 Å². The van der Waals surface area contributed by atoms with Gasteiger partial charge in [0, 0.05) is 27.5 Å². The van der Waals surface area contributed by atoms with E-state index >= 15 is 0 Å². The van der Waals surface area contributed by atoms with Gasteiger partial charge in [0.25, 0.3) is 11.7 Å². The maximum absolute atomic E-state index is 12.7. The molecule has 4 rings (SSSR count). The second kappa shape index (κ2) is 7.05. The number of nitrogens with one attached hydrogen (secondary N) is 2. The quantitative estimate of drug-likeness (QED) is 0.379. The highest BCUT2D eigenvalue weighted by Gasteiger charge is 2.23. The molecule has 0 atom stereocenters. The number of hydrogen-bond donors (Lipinski definition) is 2. The minimum atomic E-state index is -0.686. The fourth-order valence-corrected chi connectivity index (χ4v) is 3.92. The van der Waals surface area contributed by atoms with Crippen LogP contribution >= 0.6 is 11.3 Å². The molecule has 0 saturated carbocycles. The molecular weight excluding hydrogens is 370 g/mol. The van der Waals surface area contributed by atoms with E-state index in [2.05, 4.69) is 35.2 Å². The Kier molecular flexibility index (Phi) is 4.57. The number of para-hydroxylation sites is 1. The molecular formula is C22H19N3O2S. The Morgan fingerprint density at radius 3 is 2.61 bits per heavy atom. The van der Waals surface area contributed by atoms with Crippen LogP contribution in [0.15, 0.2) is 47.8 Å². The second-order valence-corrected chi connectivity index (χ2v) is 7.65. The number of carbonyl (C=O) groups is 2. The van der Waals surface area contributed by atoms with Crippen molar-refractivity contribution in [1.82, 2.24) is 9.97 Å². The van der Waals surface area contributed by atoms with Gasteiger partial charge < -0.3 is 4.98 Å². The third-order valence-corrected chi connectivity index (χ3v) is 5.61. The van der Waals surface area contributed by atoms with Crippen LogP contribution in [0.5, 0.6) is 0 Å². The molecule has 0 radical (unpaired) electrons. The number of ketones is 1. The third kappa shape index (κ3) is 3.23. The number of amides is 1. The number of carbonyl (C=O) groups excluding carboxylic acids is 2. The van der Waals surface area contributed by atoms with E-state index in [1.807, 2.05) is 41.8 Å². The van der Waals surface area contributed by atoms with Crippen LogP contribution in [-0.2, 0) is 4.79 Å². The molecule has 0 aliphatic heterocycles. The number of H-pyrrole nitrogens is 1. The molecule has 1 amide bonds. The van der Waals surface area contributed by atoms with Crippen LogP contribution < -0.4 is 5.32 Å². The minimum absolute atomic E-state index is 0.402. The Balaban J connectivity index is 1.57. The largest absolute Gasteiger partial charge is 0.358 e. The highest BCUT2D eigenvalue weighted by Crippen LogP contribution is 2.27. The summed E-state index contributed by atoms with van der Waals surface area (Å²) in [6.45, 7) is 5.90. The standard InChI is InChI=1S/C22H19N3O2S/c1-12-8-9-15(10-13(12)2)18-11-28-22(24-18)25-21(27)20(26)19-14(3)23-17-7-5-4-6-16(17)19/h4-11,23H,1-3H3,(H,24,25,27). The van der Waals surface area contributed by atoms with E-state index in [-0.39, 0.29) is 0 Å². The van der Waals surface area contributed by atoms with Crippen LogP contribution in [-0.4, -0.2) is 21.7 Å². The zero-order valence-corrected chi connectivity index (χ0v) is 16.6. The normalized spacial score (nSPS) is 11.0. The first-order valence-corrected chi connectivity index (χ1v) is 9.78. The molecule has 6 heteroatoms. The lowest BCUT2D eigenvalue weighted by Gasteiger charge is -2.03. The monoisotopic (exact) mass is 389 g/mol. The average molecular weight is 389 g/mol. The summed E-state index contributed by atoms with van der Waals surface area (Å²) >= 11 is 1.30. The summed E-state index contributed by atoms with van der Waals surface area (Å²) in [7, 11) is 0. The van der Waals surface area contributed by atoms with Crippen LogP contribution in [0.2, 0.25) is 0 Å². The predicted molar refractivity (Wildman–Crippen MR) is 113 cm³/mol. The summed E-state index contributed by atoms with van der Waals surface area (Å²) in [6, 6.07) is 13.6. The SMILES string of the molecule is Cc1ccc(-c2csc(NC(=O)C(=O)c3c(C)[nH]c4ccccc34)n2)cc1C. The number of anilines is 1. The maximum Gasteiger partial charge on any atom is 0.298 e. The molecule has 4 aromatic rings. The Morgan fingerprint density at radius 1 is 1.04 bits per heavy atom. The Morgan fingerprint density at radius 2 is 1.82 bits per heavy atom. The van der Waals surface area contributed by atoms with E-state index in [1.54, 1.807) is 6.92 Å². The zero-order chi connectivity index (χ0) is 19.8. The number of aromatic nitrogens is 2. The summed E-state index contributed by atoms with van der Waals surface area (Å²) in [5, 5.41) is 5.67. The van der Waals surface area contributed by atoms with Gasteiger partial charge in [0.15, 0.2) is 5.13 Å². The van der Waals surface area contributed by atoms with Crippen molar-refractivity contribution in [1.29, 1.82) is 0 Å². The number of nitrogens with zero attached hydrogens (tertiary/aromatic N) is 1. The van der Waals surface area contributed by atoms with E-state index in [4.69, 9.17) is 0 Å². The van der Waals surface area contributed by atoms with Gasteiger partial charge in [-0.15, -0.1) is 11.3 Å². The summed E-state index contributed by atoms with van der Waals surface area (Å²) in [5.41, 5.74) is 6.07. The molecule has 0 bridgehead atoms. The van der Waals surface area contributed by atoms with E-state index < -0.39 is 11.7 Å². The van der Waals surface area contributed by atoms with Crippen molar-refractivity contribution in [3.63, 3.8) is 0 Å². The molecule has 2 heterocycles. The number of benzene rings is 2. The van der Waals surface area contributed by atoms with E-state index in [9.17, 15) is 9.59 Å². The molecule has 2 aromatic heterocycles. The van der Waals surface area contributed by atoms with Crippen LogP contribution in [0.4, 0.5) is 5.13 Å². The van der Waals surface area contributed by atoms with Gasteiger partial charge in [0.1, 0.15) is 0 Å². The highest BCUT2D eigenvalue weighted by atomic mass is 32.1. The molecule has 0 unspecified atom stereocenters. The summed E-state index contributed by atoms with van der Waals surface area (Å²) in [4.78, 5) is 32.9. The van der Waals surface area contributed by atoms with Gasteiger partial charge in [-0.2, -0.15) is 0 Å². The van der Waals surface area contributed by atoms with Crippen molar-refractivity contribution < 1.29 is 9.59 Å². The number of aromatic amines is 1. The molecule has 0 spiro atoms. The fourth-order valence-electron chi connectivity index (χ4n) is 3.20. The van der Waals surface area contributed by atoms with Gasteiger partial charge in [-0.25, -0.2) is 4.98 Å². The van der Waals surface area contributed by atoms with Crippen molar-refractivity contribution in [2.24, 2.45) is 0 Å². The van der Waals surface area contributed by atoms with Crippen molar-refractivity contribution in [3.05, 3.63) is 70.2 Å². The number of aryl methyl sites for hydroxylation is 3. The molecule has 0 fully saturated rings. The number of rotatable bonds is 4. The van der Waals surface area contributed by atoms with Crippen LogP contribution in [0.1, 0.15) is 27.2 Å². The summed E-state index contributed by atoms with van der Waals surface area (Å²) in [5.74, 6) is -1.26. The first kappa shape index (κ1) is 18.1. The second-order valence-electron chi connectivity index (χ2n) is 6.79. The molecule has 5 nitrogen and oxygen atoms in total. The first-order chi connectivity index (χ1) is 13.4. The molecule has 0 aliphatic rings. The van der Waals surface area contributed by atoms with Crippen molar-refractivity contribution >= 4 is 39.1 Å². The van der Waals surface area contributed by atoms with E-state index in [0.29, 0.717) is 16.4 Å². The topological polar surface area (TPSA) is 74.8 Å². The Hall–Kier alpha value is -3.25. The molecule has 0 saturated heterocycles. The van der Waals surface area contributed by atoms with Gasteiger partial charge in [-0.3, -0.25) is 14.9 Å². The Labute approximate surface area is 166 Å².